The summed E-state index contributed by atoms with van der Waals surface area (Å²) in [5.74, 6) is 2.36. The molecule has 0 aliphatic carbocycles. The van der Waals surface area contributed by atoms with Crippen LogP contribution in [0.4, 0.5) is 11.6 Å². The molecule has 37 heavy (non-hydrogen) atoms. The van der Waals surface area contributed by atoms with E-state index in [1.54, 1.807) is 24.3 Å². The van der Waals surface area contributed by atoms with Crippen molar-refractivity contribution in [3.63, 3.8) is 0 Å². The number of fused-ring (bicyclic) bond motifs is 1. The first-order valence-corrected chi connectivity index (χ1v) is 12.3. The molecular formula is C26H29ClN8O2. The van der Waals surface area contributed by atoms with Crippen molar-refractivity contribution in [3.05, 3.63) is 64.4 Å². The van der Waals surface area contributed by atoms with E-state index in [9.17, 15) is 9.59 Å². The maximum absolute atomic E-state index is 12.6. The van der Waals surface area contributed by atoms with Crippen molar-refractivity contribution < 1.29 is 9.59 Å². The highest BCUT2D eigenvalue weighted by Crippen LogP contribution is 2.26. The molecular weight excluding hydrogens is 492 g/mol. The Hall–Kier alpha value is -4.18. The highest BCUT2D eigenvalue weighted by Gasteiger charge is 2.13. The summed E-state index contributed by atoms with van der Waals surface area (Å²) in [6.45, 7) is 7.09. The number of hydrogen-bond donors (Lipinski definition) is 5. The molecule has 0 saturated carbocycles. The summed E-state index contributed by atoms with van der Waals surface area (Å²) >= 11 is 6.04. The lowest BCUT2D eigenvalue weighted by Crippen LogP contribution is -2.29. The average molecular weight is 521 g/mol. The summed E-state index contributed by atoms with van der Waals surface area (Å²) in [6.07, 6.45) is 0. The van der Waals surface area contributed by atoms with Crippen molar-refractivity contribution in [2.75, 3.05) is 36.8 Å². The van der Waals surface area contributed by atoms with Crippen molar-refractivity contribution in [1.29, 1.82) is 0 Å². The van der Waals surface area contributed by atoms with Crippen LogP contribution in [0.2, 0.25) is 5.02 Å². The van der Waals surface area contributed by atoms with Gasteiger partial charge in [-0.1, -0.05) is 11.6 Å². The number of hydrogen-bond acceptors (Lipinski definition) is 7. The summed E-state index contributed by atoms with van der Waals surface area (Å²) in [7, 11) is 0. The van der Waals surface area contributed by atoms with Crippen LogP contribution in [0.1, 0.15) is 28.7 Å². The first kappa shape index (κ1) is 25.9. The minimum atomic E-state index is -0.175. The van der Waals surface area contributed by atoms with Crippen LogP contribution in [0.3, 0.4) is 0 Å². The van der Waals surface area contributed by atoms with Crippen molar-refractivity contribution in [2.45, 2.75) is 20.8 Å². The second-order valence-electron chi connectivity index (χ2n) is 8.52. The summed E-state index contributed by atoms with van der Waals surface area (Å²) in [5.41, 5.74) is 3.84. The first-order chi connectivity index (χ1) is 17.8. The number of benzene rings is 2. The van der Waals surface area contributed by atoms with Gasteiger partial charge in [0.2, 0.25) is 5.91 Å². The third-order valence-corrected chi connectivity index (χ3v) is 5.86. The van der Waals surface area contributed by atoms with Crippen LogP contribution in [0.25, 0.3) is 22.4 Å². The van der Waals surface area contributed by atoms with Crippen molar-refractivity contribution in [2.24, 2.45) is 0 Å². The molecule has 10 nitrogen and oxygen atoms in total. The second kappa shape index (κ2) is 11.7. The molecule has 5 N–H and O–H groups in total. The van der Waals surface area contributed by atoms with E-state index in [-0.39, 0.29) is 11.8 Å². The standard InChI is InChI=1S/C26H29ClN8O2/c1-15-23(29-11-10-28-17(3)36)34-25(18-4-7-20(27)8-5-18)35-24(15)30-12-13-31-26(37)19-6-9-21-22(14-19)33-16(2)32-21/h4-9,14H,10-13H2,1-3H3,(H,28,36)(H,31,37)(H,32,33)(H2,29,30,34,35). The summed E-state index contributed by atoms with van der Waals surface area (Å²) in [4.78, 5) is 40.7. The van der Waals surface area contributed by atoms with Crippen LogP contribution < -0.4 is 21.3 Å². The topological polar surface area (TPSA) is 137 Å². The fourth-order valence-corrected chi connectivity index (χ4v) is 3.87. The number of halogens is 1. The molecule has 0 atom stereocenters. The predicted molar refractivity (Wildman–Crippen MR) is 146 cm³/mol. The molecule has 0 radical (unpaired) electrons. The Morgan fingerprint density at radius 2 is 1.51 bits per heavy atom. The average Bonchev–Trinajstić information content (AvgIpc) is 3.25. The third-order valence-electron chi connectivity index (χ3n) is 5.61. The molecule has 4 aromatic rings. The maximum atomic E-state index is 12.6. The van der Waals surface area contributed by atoms with Crippen molar-refractivity contribution in [1.82, 2.24) is 30.6 Å². The Bertz CT molecular complexity index is 1420. The number of nitrogens with one attached hydrogen (secondary N) is 5. The van der Waals surface area contributed by atoms with Gasteiger partial charge in [-0.25, -0.2) is 15.0 Å². The number of aromatic nitrogens is 4. The minimum Gasteiger partial charge on any atom is -0.368 e. The lowest BCUT2D eigenvalue weighted by atomic mass is 10.2. The zero-order valence-electron chi connectivity index (χ0n) is 20.9. The van der Waals surface area contributed by atoms with Gasteiger partial charge in [0.25, 0.3) is 5.91 Å². The van der Waals surface area contributed by atoms with Crippen molar-refractivity contribution in [3.8, 4) is 11.4 Å². The molecule has 0 spiro atoms. The third kappa shape index (κ3) is 6.73. The molecule has 0 fully saturated rings. The molecule has 0 aliphatic heterocycles. The van der Waals surface area contributed by atoms with E-state index in [0.717, 1.165) is 28.0 Å². The molecule has 2 aromatic carbocycles. The number of H-pyrrole nitrogens is 1. The molecule has 2 heterocycles. The van der Waals surface area contributed by atoms with Crippen LogP contribution in [0.15, 0.2) is 42.5 Å². The normalized spacial score (nSPS) is 10.8. The number of anilines is 2. The Labute approximate surface area is 219 Å². The van der Waals surface area contributed by atoms with E-state index in [1.165, 1.54) is 6.92 Å². The van der Waals surface area contributed by atoms with Crippen LogP contribution in [0.5, 0.6) is 0 Å². The fourth-order valence-electron chi connectivity index (χ4n) is 3.74. The zero-order chi connectivity index (χ0) is 26.4. The summed E-state index contributed by atoms with van der Waals surface area (Å²) < 4.78 is 0. The van der Waals surface area contributed by atoms with Gasteiger partial charge in [-0.2, -0.15) is 0 Å². The summed E-state index contributed by atoms with van der Waals surface area (Å²) in [6, 6.07) is 12.7. The van der Waals surface area contributed by atoms with Gasteiger partial charge in [0, 0.05) is 54.8 Å². The number of carbonyl (C=O) groups is 2. The van der Waals surface area contributed by atoms with Gasteiger partial charge >= 0.3 is 0 Å². The number of amides is 2. The molecule has 0 bridgehead atoms. The number of rotatable bonds is 10. The predicted octanol–water partition coefficient (Wildman–Crippen LogP) is 3.68. The molecule has 0 aliphatic rings. The first-order valence-electron chi connectivity index (χ1n) is 11.9. The smallest absolute Gasteiger partial charge is 0.251 e. The molecule has 0 saturated heterocycles. The lowest BCUT2D eigenvalue weighted by molar-refractivity contribution is -0.118. The largest absolute Gasteiger partial charge is 0.368 e. The van der Waals surface area contributed by atoms with Gasteiger partial charge in [0.15, 0.2) is 5.82 Å². The van der Waals surface area contributed by atoms with Gasteiger partial charge in [-0.15, -0.1) is 0 Å². The Morgan fingerprint density at radius 3 is 2.16 bits per heavy atom. The molecule has 11 heteroatoms. The van der Waals surface area contributed by atoms with E-state index in [0.29, 0.717) is 54.2 Å². The van der Waals surface area contributed by atoms with Gasteiger partial charge in [-0.3, -0.25) is 9.59 Å². The van der Waals surface area contributed by atoms with Crippen LogP contribution in [0, 0.1) is 13.8 Å². The van der Waals surface area contributed by atoms with Gasteiger partial charge in [0.1, 0.15) is 17.5 Å². The van der Waals surface area contributed by atoms with E-state index >= 15 is 0 Å². The van der Waals surface area contributed by atoms with E-state index < -0.39 is 0 Å². The van der Waals surface area contributed by atoms with Crippen LogP contribution >= 0.6 is 11.6 Å². The molecule has 4 rings (SSSR count). The zero-order valence-corrected chi connectivity index (χ0v) is 21.7. The molecule has 0 unspecified atom stereocenters. The Morgan fingerprint density at radius 1 is 0.865 bits per heavy atom. The Kier molecular flexibility index (Phi) is 8.19. The minimum absolute atomic E-state index is 0.0909. The van der Waals surface area contributed by atoms with E-state index in [1.807, 2.05) is 32.0 Å². The number of imidazole rings is 1. The Balaban J connectivity index is 1.43. The highest BCUT2D eigenvalue weighted by molar-refractivity contribution is 6.30. The van der Waals surface area contributed by atoms with Gasteiger partial charge in [0.05, 0.1) is 11.0 Å². The van der Waals surface area contributed by atoms with E-state index in [2.05, 4.69) is 36.2 Å². The molecule has 2 amide bonds. The quantitative estimate of drug-likeness (QED) is 0.201. The molecule has 192 valence electrons. The highest BCUT2D eigenvalue weighted by atomic mass is 35.5. The van der Waals surface area contributed by atoms with Gasteiger partial charge in [-0.05, 0) is 56.3 Å². The number of nitrogens with zero attached hydrogens (tertiary/aromatic N) is 3. The SMILES string of the molecule is CC(=O)NCCNc1nc(-c2ccc(Cl)cc2)nc(NCCNC(=O)c2ccc3[nH]c(C)nc3c2)c1C. The second-order valence-corrected chi connectivity index (χ2v) is 8.96. The van der Waals surface area contributed by atoms with Gasteiger partial charge < -0.3 is 26.3 Å². The monoisotopic (exact) mass is 520 g/mol. The van der Waals surface area contributed by atoms with E-state index in [4.69, 9.17) is 16.6 Å². The number of aromatic amines is 1. The molecule has 2 aromatic heterocycles. The van der Waals surface area contributed by atoms with Crippen molar-refractivity contribution >= 4 is 46.1 Å². The van der Waals surface area contributed by atoms with Crippen LogP contribution in [-0.2, 0) is 4.79 Å². The fraction of sp³-hybridized carbons (Fsp3) is 0.269. The summed E-state index contributed by atoms with van der Waals surface area (Å²) in [5, 5.41) is 12.9. The number of carbonyl (C=O) groups excluding carboxylic acids is 2. The lowest BCUT2D eigenvalue weighted by Gasteiger charge is -2.16. The van der Waals surface area contributed by atoms with Crippen LogP contribution in [-0.4, -0.2) is 57.9 Å². The number of aryl methyl sites for hydroxylation is 1. The maximum Gasteiger partial charge on any atom is 0.251 e.